The number of amides is 1. The Balaban J connectivity index is 2.52. The number of aryl methyl sites for hydroxylation is 1. The highest BCUT2D eigenvalue weighted by Crippen LogP contribution is 2.12. The molecule has 0 spiro atoms. The first-order valence-corrected chi connectivity index (χ1v) is 6.22. The quantitative estimate of drug-likeness (QED) is 0.696. The number of anilines is 1. The Labute approximate surface area is 108 Å². The average molecular weight is 250 g/mol. The maximum atomic E-state index is 11.8. The molecule has 0 heterocycles. The van der Waals surface area contributed by atoms with E-state index < -0.39 is 6.10 Å². The van der Waals surface area contributed by atoms with Crippen LogP contribution in [0.4, 0.5) is 5.69 Å². The number of aliphatic hydroxyl groups is 1. The standard InChI is InChI=1S/C14H22N2O2/c1-9(2)6-12(17)8-16-14(18)11-5-4-10(3)13(15)7-11/h4-5,7,9,12,17H,6,8,15H2,1-3H3,(H,16,18). The van der Waals surface area contributed by atoms with E-state index in [4.69, 9.17) is 5.73 Å². The van der Waals surface area contributed by atoms with Gasteiger partial charge < -0.3 is 16.2 Å². The predicted molar refractivity (Wildman–Crippen MR) is 73.4 cm³/mol. The van der Waals surface area contributed by atoms with Crippen LogP contribution < -0.4 is 11.1 Å². The fourth-order valence-corrected chi connectivity index (χ4v) is 1.72. The third kappa shape index (κ3) is 4.37. The molecule has 4 N–H and O–H groups in total. The molecule has 0 saturated heterocycles. The van der Waals surface area contributed by atoms with Crippen molar-refractivity contribution < 1.29 is 9.90 Å². The normalized spacial score (nSPS) is 12.5. The van der Waals surface area contributed by atoms with Gasteiger partial charge in [-0.3, -0.25) is 4.79 Å². The first-order valence-electron chi connectivity index (χ1n) is 6.22. The van der Waals surface area contributed by atoms with Crippen molar-refractivity contribution in [3.05, 3.63) is 29.3 Å². The molecular weight excluding hydrogens is 228 g/mol. The van der Waals surface area contributed by atoms with Crippen molar-refractivity contribution in [3.8, 4) is 0 Å². The Kier molecular flexibility index (Phi) is 5.16. The lowest BCUT2D eigenvalue weighted by Gasteiger charge is -2.14. The molecule has 0 aliphatic carbocycles. The number of hydrogen-bond donors (Lipinski definition) is 3. The van der Waals surface area contributed by atoms with Gasteiger partial charge in [-0.05, 0) is 37.0 Å². The highest BCUT2D eigenvalue weighted by molar-refractivity contribution is 5.95. The van der Waals surface area contributed by atoms with Crippen LogP contribution in [0.5, 0.6) is 0 Å². The smallest absolute Gasteiger partial charge is 0.251 e. The van der Waals surface area contributed by atoms with Crippen LogP contribution in [0.2, 0.25) is 0 Å². The highest BCUT2D eigenvalue weighted by Gasteiger charge is 2.11. The minimum atomic E-state index is -0.503. The lowest BCUT2D eigenvalue weighted by molar-refractivity contribution is 0.0900. The van der Waals surface area contributed by atoms with Crippen LogP contribution in [0.25, 0.3) is 0 Å². The summed E-state index contributed by atoms with van der Waals surface area (Å²) in [5.41, 5.74) is 7.83. The van der Waals surface area contributed by atoms with Gasteiger partial charge in [0.15, 0.2) is 0 Å². The second-order valence-corrected chi connectivity index (χ2v) is 5.06. The van der Waals surface area contributed by atoms with E-state index in [1.165, 1.54) is 0 Å². The van der Waals surface area contributed by atoms with E-state index in [2.05, 4.69) is 5.32 Å². The molecular formula is C14H22N2O2. The van der Waals surface area contributed by atoms with Gasteiger partial charge in [0.25, 0.3) is 5.91 Å². The van der Waals surface area contributed by atoms with Gasteiger partial charge in [0.1, 0.15) is 0 Å². The van der Waals surface area contributed by atoms with E-state index in [9.17, 15) is 9.90 Å². The molecule has 0 bridgehead atoms. The largest absolute Gasteiger partial charge is 0.398 e. The van der Waals surface area contributed by atoms with Crippen molar-refractivity contribution in [1.82, 2.24) is 5.32 Å². The molecule has 0 aromatic heterocycles. The maximum Gasteiger partial charge on any atom is 0.251 e. The number of carbonyl (C=O) groups excluding carboxylic acids is 1. The minimum absolute atomic E-state index is 0.204. The number of nitrogen functional groups attached to an aromatic ring is 1. The van der Waals surface area contributed by atoms with Gasteiger partial charge in [0.2, 0.25) is 0 Å². The van der Waals surface area contributed by atoms with Crippen LogP contribution in [-0.2, 0) is 0 Å². The minimum Gasteiger partial charge on any atom is -0.398 e. The average Bonchev–Trinajstić information content (AvgIpc) is 2.28. The van der Waals surface area contributed by atoms with Crippen LogP contribution in [0, 0.1) is 12.8 Å². The molecule has 1 aromatic rings. The molecule has 1 unspecified atom stereocenters. The molecule has 1 atom stereocenters. The summed E-state index contributed by atoms with van der Waals surface area (Å²) < 4.78 is 0. The summed E-state index contributed by atoms with van der Waals surface area (Å²) in [4.78, 5) is 11.8. The number of carbonyl (C=O) groups is 1. The molecule has 0 aliphatic heterocycles. The molecule has 0 fully saturated rings. The lowest BCUT2D eigenvalue weighted by atomic mass is 10.1. The molecule has 1 aromatic carbocycles. The number of nitrogens with two attached hydrogens (primary N) is 1. The van der Waals surface area contributed by atoms with E-state index in [-0.39, 0.29) is 12.5 Å². The number of benzene rings is 1. The SMILES string of the molecule is Cc1ccc(C(=O)NCC(O)CC(C)C)cc1N. The Hall–Kier alpha value is -1.55. The van der Waals surface area contributed by atoms with Crippen LogP contribution in [0.15, 0.2) is 18.2 Å². The zero-order valence-electron chi connectivity index (χ0n) is 11.2. The first kappa shape index (κ1) is 14.5. The zero-order chi connectivity index (χ0) is 13.7. The van der Waals surface area contributed by atoms with Gasteiger partial charge in [-0.1, -0.05) is 19.9 Å². The molecule has 1 rings (SSSR count). The van der Waals surface area contributed by atoms with Crippen LogP contribution in [0.1, 0.15) is 36.2 Å². The molecule has 100 valence electrons. The molecule has 4 nitrogen and oxygen atoms in total. The Morgan fingerprint density at radius 2 is 2.11 bits per heavy atom. The van der Waals surface area contributed by atoms with Crippen LogP contribution in [-0.4, -0.2) is 23.7 Å². The fraction of sp³-hybridized carbons (Fsp3) is 0.500. The van der Waals surface area contributed by atoms with Gasteiger partial charge in [-0.2, -0.15) is 0 Å². The third-order valence-electron chi connectivity index (χ3n) is 2.78. The summed E-state index contributed by atoms with van der Waals surface area (Å²) in [5.74, 6) is 0.205. The van der Waals surface area contributed by atoms with Crippen molar-refractivity contribution in [2.75, 3.05) is 12.3 Å². The lowest BCUT2D eigenvalue weighted by Crippen LogP contribution is -2.32. The summed E-state index contributed by atoms with van der Waals surface area (Å²) in [6.45, 7) is 6.23. The van der Waals surface area contributed by atoms with Crippen molar-refractivity contribution in [1.29, 1.82) is 0 Å². The predicted octanol–water partition coefficient (Wildman–Crippen LogP) is 1.71. The number of hydrogen-bond acceptors (Lipinski definition) is 3. The van der Waals surface area contributed by atoms with Gasteiger partial charge in [0.05, 0.1) is 6.10 Å². The molecule has 0 saturated carbocycles. The Bertz CT molecular complexity index is 416. The van der Waals surface area contributed by atoms with Gasteiger partial charge in [0, 0.05) is 17.8 Å². The fourth-order valence-electron chi connectivity index (χ4n) is 1.72. The second kappa shape index (κ2) is 6.40. The summed E-state index contributed by atoms with van der Waals surface area (Å²) in [7, 11) is 0. The topological polar surface area (TPSA) is 75.3 Å². The third-order valence-corrected chi connectivity index (χ3v) is 2.78. The highest BCUT2D eigenvalue weighted by atomic mass is 16.3. The van der Waals surface area contributed by atoms with Crippen molar-refractivity contribution >= 4 is 11.6 Å². The summed E-state index contributed by atoms with van der Waals surface area (Å²) in [6, 6.07) is 5.20. The van der Waals surface area contributed by atoms with Gasteiger partial charge in [-0.15, -0.1) is 0 Å². The maximum absolute atomic E-state index is 11.8. The van der Waals surface area contributed by atoms with Crippen LogP contribution in [0.3, 0.4) is 0 Å². The summed E-state index contributed by atoms with van der Waals surface area (Å²) >= 11 is 0. The summed E-state index contributed by atoms with van der Waals surface area (Å²) in [6.07, 6.45) is 0.174. The summed E-state index contributed by atoms with van der Waals surface area (Å²) in [5, 5.41) is 12.4. The van der Waals surface area contributed by atoms with E-state index in [1.54, 1.807) is 12.1 Å². The van der Waals surface area contributed by atoms with Gasteiger partial charge in [-0.25, -0.2) is 0 Å². The Morgan fingerprint density at radius 1 is 1.44 bits per heavy atom. The number of aliphatic hydroxyl groups excluding tert-OH is 1. The molecule has 18 heavy (non-hydrogen) atoms. The Morgan fingerprint density at radius 3 is 2.67 bits per heavy atom. The van der Waals surface area contributed by atoms with Crippen LogP contribution >= 0.6 is 0 Å². The van der Waals surface area contributed by atoms with Crippen molar-refractivity contribution in [2.24, 2.45) is 5.92 Å². The van der Waals surface area contributed by atoms with E-state index in [0.29, 0.717) is 23.6 Å². The van der Waals surface area contributed by atoms with Crippen molar-refractivity contribution in [2.45, 2.75) is 33.3 Å². The molecule has 1 amide bonds. The zero-order valence-corrected chi connectivity index (χ0v) is 11.2. The van der Waals surface area contributed by atoms with E-state index in [0.717, 1.165) is 5.56 Å². The monoisotopic (exact) mass is 250 g/mol. The van der Waals surface area contributed by atoms with E-state index >= 15 is 0 Å². The number of nitrogens with one attached hydrogen (secondary N) is 1. The molecule has 0 aliphatic rings. The van der Waals surface area contributed by atoms with Crippen molar-refractivity contribution in [3.63, 3.8) is 0 Å². The van der Waals surface area contributed by atoms with E-state index in [1.807, 2.05) is 26.8 Å². The second-order valence-electron chi connectivity index (χ2n) is 5.06. The molecule has 0 radical (unpaired) electrons. The first-order chi connectivity index (χ1) is 8.40. The number of rotatable bonds is 5. The van der Waals surface area contributed by atoms with Gasteiger partial charge >= 0.3 is 0 Å². The molecule has 4 heteroatoms.